The number of benzene rings is 3. The minimum Gasteiger partial charge on any atom is -0.354 e. The first-order valence-electron chi connectivity index (χ1n) is 13.8. The largest absolute Gasteiger partial charge is 0.354 e. The molecule has 1 N–H and O–H groups in total. The van der Waals surface area contributed by atoms with Crippen LogP contribution in [-0.2, 0) is 26.2 Å². The van der Waals surface area contributed by atoms with Crippen molar-refractivity contribution in [2.24, 2.45) is 5.92 Å². The summed E-state index contributed by atoms with van der Waals surface area (Å²) in [6.45, 7) is 11.3. The van der Waals surface area contributed by atoms with E-state index in [4.69, 9.17) is 0 Å². The Kier molecular flexibility index (Phi) is 10.7. The van der Waals surface area contributed by atoms with Gasteiger partial charge in [0.25, 0.3) is 10.0 Å². The van der Waals surface area contributed by atoms with Gasteiger partial charge in [-0.3, -0.25) is 13.9 Å². The molecule has 2 amide bonds. The molecule has 0 radical (unpaired) electrons. The Morgan fingerprint density at radius 2 is 1.51 bits per heavy atom. The fourth-order valence-electron chi connectivity index (χ4n) is 4.56. The molecular weight excluding hydrogens is 541 g/mol. The van der Waals surface area contributed by atoms with Crippen molar-refractivity contribution in [3.63, 3.8) is 0 Å². The van der Waals surface area contributed by atoms with Gasteiger partial charge in [-0.05, 0) is 74.6 Å². The standard InChI is InChI=1S/C32H40FN3O4S/c1-7-29(32(38)34-19-22(2)3)35(20-26-11-13-27(33)14-12-26)31(37)21-36(30-17-10-24(5)18-25(30)6)41(39,40)28-15-8-23(4)9-16-28/h8-18,22,29H,7,19-21H2,1-6H3,(H,34,38). The fraction of sp³-hybridized carbons (Fsp3) is 0.375. The molecule has 1 unspecified atom stereocenters. The van der Waals surface area contributed by atoms with E-state index in [0.717, 1.165) is 15.4 Å². The van der Waals surface area contributed by atoms with Crippen molar-refractivity contribution < 1.29 is 22.4 Å². The van der Waals surface area contributed by atoms with E-state index in [1.807, 2.05) is 33.8 Å². The summed E-state index contributed by atoms with van der Waals surface area (Å²) in [4.78, 5) is 28.8. The number of anilines is 1. The summed E-state index contributed by atoms with van der Waals surface area (Å²) in [5.41, 5.74) is 3.55. The van der Waals surface area contributed by atoms with Crippen molar-refractivity contribution in [1.82, 2.24) is 10.2 Å². The molecule has 0 aliphatic rings. The Morgan fingerprint density at radius 3 is 2.07 bits per heavy atom. The highest BCUT2D eigenvalue weighted by molar-refractivity contribution is 7.92. The third-order valence-electron chi connectivity index (χ3n) is 6.85. The van der Waals surface area contributed by atoms with Crippen LogP contribution >= 0.6 is 0 Å². The number of carbonyl (C=O) groups is 2. The monoisotopic (exact) mass is 581 g/mol. The summed E-state index contributed by atoms with van der Waals surface area (Å²) in [6.07, 6.45) is 0.311. The summed E-state index contributed by atoms with van der Waals surface area (Å²) >= 11 is 0. The van der Waals surface area contributed by atoms with E-state index in [9.17, 15) is 22.4 Å². The highest BCUT2D eigenvalue weighted by Gasteiger charge is 2.34. The predicted octanol–water partition coefficient (Wildman–Crippen LogP) is 5.53. The van der Waals surface area contributed by atoms with Crippen molar-refractivity contribution in [3.8, 4) is 0 Å². The van der Waals surface area contributed by atoms with Gasteiger partial charge >= 0.3 is 0 Å². The number of amides is 2. The molecule has 1 atom stereocenters. The zero-order valence-corrected chi connectivity index (χ0v) is 25.5. The molecule has 0 aliphatic carbocycles. The lowest BCUT2D eigenvalue weighted by Gasteiger charge is -2.33. The number of nitrogens with zero attached hydrogens (tertiary/aromatic N) is 2. The van der Waals surface area contributed by atoms with Gasteiger partial charge in [-0.15, -0.1) is 0 Å². The molecule has 0 fully saturated rings. The topological polar surface area (TPSA) is 86.8 Å². The van der Waals surface area contributed by atoms with Crippen molar-refractivity contribution in [1.29, 1.82) is 0 Å². The zero-order valence-electron chi connectivity index (χ0n) is 24.6. The van der Waals surface area contributed by atoms with E-state index in [2.05, 4.69) is 5.32 Å². The van der Waals surface area contributed by atoms with E-state index in [0.29, 0.717) is 29.8 Å². The molecule has 9 heteroatoms. The van der Waals surface area contributed by atoms with E-state index in [-0.39, 0.29) is 23.3 Å². The first-order valence-corrected chi connectivity index (χ1v) is 15.3. The molecule has 220 valence electrons. The molecule has 41 heavy (non-hydrogen) atoms. The minimum absolute atomic E-state index is 0.0119. The Bertz CT molecular complexity index is 1460. The lowest BCUT2D eigenvalue weighted by atomic mass is 10.1. The third kappa shape index (κ3) is 8.16. The van der Waals surface area contributed by atoms with Gasteiger partial charge in [0.2, 0.25) is 11.8 Å². The second-order valence-corrected chi connectivity index (χ2v) is 12.7. The van der Waals surface area contributed by atoms with Crippen LogP contribution in [0.1, 0.15) is 49.4 Å². The number of rotatable bonds is 12. The molecule has 0 spiro atoms. The molecule has 0 saturated carbocycles. The van der Waals surface area contributed by atoms with Crippen molar-refractivity contribution in [2.45, 2.75) is 65.4 Å². The summed E-state index contributed by atoms with van der Waals surface area (Å²) in [5.74, 6) is -1.08. The molecule has 0 aliphatic heterocycles. The van der Waals surface area contributed by atoms with E-state index in [1.165, 1.54) is 29.2 Å². The van der Waals surface area contributed by atoms with Crippen molar-refractivity contribution >= 4 is 27.5 Å². The summed E-state index contributed by atoms with van der Waals surface area (Å²) in [7, 11) is -4.15. The van der Waals surface area contributed by atoms with Gasteiger partial charge in [0.05, 0.1) is 10.6 Å². The number of hydrogen-bond acceptors (Lipinski definition) is 4. The van der Waals surface area contributed by atoms with Gasteiger partial charge in [0, 0.05) is 13.1 Å². The van der Waals surface area contributed by atoms with Gasteiger partial charge in [0.1, 0.15) is 18.4 Å². The van der Waals surface area contributed by atoms with Crippen LogP contribution in [-0.4, -0.2) is 44.3 Å². The Balaban J connectivity index is 2.07. The van der Waals surface area contributed by atoms with Gasteiger partial charge in [-0.25, -0.2) is 12.8 Å². The molecule has 0 saturated heterocycles. The lowest BCUT2D eigenvalue weighted by molar-refractivity contribution is -0.140. The zero-order chi connectivity index (χ0) is 30.3. The Labute approximate surface area is 243 Å². The van der Waals surface area contributed by atoms with E-state index < -0.39 is 34.3 Å². The highest BCUT2D eigenvalue weighted by atomic mass is 32.2. The van der Waals surface area contributed by atoms with Gasteiger partial charge in [0.15, 0.2) is 0 Å². The van der Waals surface area contributed by atoms with Crippen LogP contribution in [0.5, 0.6) is 0 Å². The second kappa shape index (κ2) is 13.8. The first-order chi connectivity index (χ1) is 19.3. The van der Waals surface area contributed by atoms with Crippen LogP contribution in [0.15, 0.2) is 71.6 Å². The number of aryl methyl sites for hydroxylation is 3. The maximum Gasteiger partial charge on any atom is 0.264 e. The van der Waals surface area contributed by atoms with Crippen molar-refractivity contribution in [2.75, 3.05) is 17.4 Å². The first kappa shape index (κ1) is 31.8. The van der Waals surface area contributed by atoms with Gasteiger partial charge in [-0.2, -0.15) is 0 Å². The smallest absolute Gasteiger partial charge is 0.264 e. The number of sulfonamides is 1. The normalized spacial score (nSPS) is 12.2. The number of hydrogen-bond donors (Lipinski definition) is 1. The maximum absolute atomic E-state index is 14.1. The van der Waals surface area contributed by atoms with Crippen LogP contribution in [0.2, 0.25) is 0 Å². The Hall–Kier alpha value is -3.72. The highest BCUT2D eigenvalue weighted by Crippen LogP contribution is 2.28. The minimum atomic E-state index is -4.15. The van der Waals surface area contributed by atoms with Gasteiger partial charge < -0.3 is 10.2 Å². The molecule has 0 bridgehead atoms. The number of nitrogens with one attached hydrogen (secondary N) is 1. The average molecular weight is 582 g/mol. The SMILES string of the molecule is CCC(C(=O)NCC(C)C)N(Cc1ccc(F)cc1)C(=O)CN(c1ccc(C)cc1C)S(=O)(=O)c1ccc(C)cc1. The summed E-state index contributed by atoms with van der Waals surface area (Å²) in [5, 5.41) is 2.90. The van der Waals surface area contributed by atoms with Gasteiger partial charge in [-0.1, -0.05) is 68.3 Å². The third-order valence-corrected chi connectivity index (χ3v) is 8.62. The van der Waals surface area contributed by atoms with E-state index >= 15 is 0 Å². The van der Waals surface area contributed by atoms with Crippen LogP contribution in [0, 0.1) is 32.5 Å². The quantitative estimate of drug-likeness (QED) is 0.305. The molecule has 3 aromatic carbocycles. The summed E-state index contributed by atoms with van der Waals surface area (Å²) in [6, 6.07) is 16.7. The van der Waals surface area contributed by atoms with Crippen LogP contribution < -0.4 is 9.62 Å². The van der Waals surface area contributed by atoms with Crippen LogP contribution in [0.25, 0.3) is 0 Å². The number of carbonyl (C=O) groups excluding carboxylic acids is 2. The molecule has 7 nitrogen and oxygen atoms in total. The number of halogens is 1. The summed E-state index contributed by atoms with van der Waals surface area (Å²) < 4.78 is 42.8. The molecule has 0 heterocycles. The van der Waals surface area contributed by atoms with Crippen LogP contribution in [0.4, 0.5) is 10.1 Å². The molecule has 3 aromatic rings. The van der Waals surface area contributed by atoms with E-state index in [1.54, 1.807) is 50.2 Å². The average Bonchev–Trinajstić information content (AvgIpc) is 2.92. The fourth-order valence-corrected chi connectivity index (χ4v) is 6.04. The second-order valence-electron chi connectivity index (χ2n) is 10.8. The Morgan fingerprint density at radius 1 is 0.902 bits per heavy atom. The lowest BCUT2D eigenvalue weighted by Crippen LogP contribution is -2.52. The molecular formula is C32H40FN3O4S. The van der Waals surface area contributed by atoms with Crippen LogP contribution in [0.3, 0.4) is 0 Å². The molecule has 3 rings (SSSR count). The molecule has 0 aromatic heterocycles. The maximum atomic E-state index is 14.1. The van der Waals surface area contributed by atoms with Crippen molar-refractivity contribution in [3.05, 3.63) is 94.8 Å². The predicted molar refractivity (Wildman–Crippen MR) is 161 cm³/mol.